The van der Waals surface area contributed by atoms with Gasteiger partial charge in [0.05, 0.1) is 28.0 Å². The Balaban J connectivity index is 1.74. The molecule has 0 bridgehead atoms. The second-order valence-corrected chi connectivity index (χ2v) is 9.22. The first kappa shape index (κ1) is 21.9. The molecule has 2 aromatic carbocycles. The summed E-state index contributed by atoms with van der Waals surface area (Å²) in [6, 6.07) is 13.5. The smallest absolute Gasteiger partial charge is 0.307 e. The predicted octanol–water partition coefficient (Wildman–Crippen LogP) is 6.07. The second-order valence-electron chi connectivity index (χ2n) is 7.36. The van der Waals surface area contributed by atoms with Gasteiger partial charge in [0, 0.05) is 17.9 Å². The molecule has 4 aromatic rings. The van der Waals surface area contributed by atoms with Crippen LogP contribution < -0.4 is 4.90 Å². The van der Waals surface area contributed by atoms with Crippen molar-refractivity contribution in [2.75, 3.05) is 4.90 Å². The first-order valence-corrected chi connectivity index (χ1v) is 11.6. The number of nitrogens with zero attached hydrogens (tertiary/aromatic N) is 3. The third-order valence-electron chi connectivity index (χ3n) is 5.07. The number of carboxylic acids is 1. The van der Waals surface area contributed by atoms with E-state index in [2.05, 4.69) is 9.97 Å². The molecule has 1 amide bonds. The van der Waals surface area contributed by atoms with Gasteiger partial charge in [0.2, 0.25) is 5.91 Å². The molecule has 0 atom stereocenters. The maximum Gasteiger partial charge on any atom is 0.307 e. The Kier molecular flexibility index (Phi) is 6.16. The Morgan fingerprint density at radius 1 is 1.09 bits per heavy atom. The number of hydrogen-bond acceptors (Lipinski definition) is 6. The van der Waals surface area contributed by atoms with Gasteiger partial charge in [-0.15, -0.1) is 22.7 Å². The van der Waals surface area contributed by atoms with Crippen molar-refractivity contribution in [2.45, 2.75) is 27.2 Å². The quantitative estimate of drug-likeness (QED) is 0.375. The van der Waals surface area contributed by atoms with Crippen LogP contribution >= 0.6 is 22.7 Å². The van der Waals surface area contributed by atoms with Crippen LogP contribution in [0.1, 0.15) is 35.2 Å². The van der Waals surface area contributed by atoms with Crippen molar-refractivity contribution in [1.29, 1.82) is 0 Å². The number of carbonyl (C=O) groups excluding carboxylic acids is 1. The first-order valence-electron chi connectivity index (χ1n) is 9.94. The molecule has 6 nitrogen and oxygen atoms in total. The number of benzene rings is 2. The summed E-state index contributed by atoms with van der Waals surface area (Å²) >= 11 is 2.79. The Morgan fingerprint density at radius 3 is 2.59 bits per heavy atom. The standard InChI is InChI=1S/C24H21N3O3S2/c1-14-7-6-9-20(15(14)2)27(16(3)28)24-25-18(13-31-24)11-17(12-22(29)30)23-26-19-8-4-5-10-21(19)32-23/h4-11,13H,12H2,1-3H3,(H,29,30). The maximum atomic E-state index is 12.5. The average Bonchev–Trinajstić information content (AvgIpc) is 3.37. The zero-order chi connectivity index (χ0) is 22.8. The number of aliphatic carboxylic acids is 1. The van der Waals surface area contributed by atoms with Gasteiger partial charge in [0.1, 0.15) is 5.01 Å². The largest absolute Gasteiger partial charge is 0.481 e. The van der Waals surface area contributed by atoms with Crippen LogP contribution in [0.2, 0.25) is 0 Å². The second kappa shape index (κ2) is 9.02. The molecule has 0 aliphatic carbocycles. The third kappa shape index (κ3) is 4.46. The summed E-state index contributed by atoms with van der Waals surface area (Å²) in [4.78, 5) is 34.8. The molecule has 32 heavy (non-hydrogen) atoms. The molecule has 2 heterocycles. The number of hydrogen-bond donors (Lipinski definition) is 1. The van der Waals surface area contributed by atoms with E-state index in [0.29, 0.717) is 21.4 Å². The number of anilines is 2. The van der Waals surface area contributed by atoms with Crippen LogP contribution in [-0.2, 0) is 9.59 Å². The lowest BCUT2D eigenvalue weighted by Gasteiger charge is -2.21. The number of amides is 1. The van der Waals surface area contributed by atoms with Gasteiger partial charge in [0.25, 0.3) is 0 Å². The fourth-order valence-corrected chi connectivity index (χ4v) is 5.19. The summed E-state index contributed by atoms with van der Waals surface area (Å²) in [5.74, 6) is -1.08. The molecule has 0 aliphatic heterocycles. The highest BCUT2D eigenvalue weighted by molar-refractivity contribution is 7.19. The van der Waals surface area contributed by atoms with E-state index < -0.39 is 5.97 Å². The van der Waals surface area contributed by atoms with Crippen molar-refractivity contribution in [2.24, 2.45) is 0 Å². The number of carboxylic acid groups (broad SMARTS) is 1. The molecule has 0 aliphatic rings. The highest BCUT2D eigenvalue weighted by Crippen LogP contribution is 2.34. The SMILES string of the molecule is CC(=O)N(c1nc(C=C(CC(=O)O)c2nc3ccccc3s2)cs1)c1cccc(C)c1C. The summed E-state index contributed by atoms with van der Waals surface area (Å²) in [7, 11) is 0. The number of para-hydroxylation sites is 1. The third-order valence-corrected chi connectivity index (χ3v) is 7.02. The van der Waals surface area contributed by atoms with E-state index in [1.807, 2.05) is 61.7 Å². The highest BCUT2D eigenvalue weighted by atomic mass is 32.1. The van der Waals surface area contributed by atoms with E-state index in [1.54, 1.807) is 11.0 Å². The van der Waals surface area contributed by atoms with Crippen molar-refractivity contribution < 1.29 is 14.7 Å². The van der Waals surface area contributed by atoms with Gasteiger partial charge in [-0.25, -0.2) is 9.97 Å². The van der Waals surface area contributed by atoms with Crippen LogP contribution in [-0.4, -0.2) is 27.0 Å². The lowest BCUT2D eigenvalue weighted by atomic mass is 10.1. The fourth-order valence-electron chi connectivity index (χ4n) is 3.37. The van der Waals surface area contributed by atoms with Gasteiger partial charge in [-0.1, -0.05) is 24.3 Å². The summed E-state index contributed by atoms with van der Waals surface area (Å²) < 4.78 is 0.996. The number of aromatic nitrogens is 2. The maximum absolute atomic E-state index is 12.5. The summed E-state index contributed by atoms with van der Waals surface area (Å²) in [6.07, 6.45) is 1.58. The zero-order valence-corrected chi connectivity index (χ0v) is 19.5. The van der Waals surface area contributed by atoms with Crippen LogP contribution in [0.3, 0.4) is 0 Å². The molecular formula is C24H21N3O3S2. The number of rotatable bonds is 6. The number of fused-ring (bicyclic) bond motifs is 1. The van der Waals surface area contributed by atoms with E-state index >= 15 is 0 Å². The molecule has 0 unspecified atom stereocenters. The Bertz CT molecular complexity index is 1320. The lowest BCUT2D eigenvalue weighted by molar-refractivity contribution is -0.135. The van der Waals surface area contributed by atoms with Crippen molar-refractivity contribution in [1.82, 2.24) is 9.97 Å². The monoisotopic (exact) mass is 463 g/mol. The zero-order valence-electron chi connectivity index (χ0n) is 17.8. The Hall–Kier alpha value is -3.36. The van der Waals surface area contributed by atoms with E-state index in [0.717, 1.165) is 27.0 Å². The molecule has 0 spiro atoms. The number of thiazole rings is 2. The Labute approximate surface area is 193 Å². The van der Waals surface area contributed by atoms with E-state index in [1.165, 1.54) is 29.6 Å². The summed E-state index contributed by atoms with van der Waals surface area (Å²) in [5.41, 5.74) is 4.90. The lowest BCUT2D eigenvalue weighted by Crippen LogP contribution is -2.23. The van der Waals surface area contributed by atoms with Gasteiger partial charge in [0.15, 0.2) is 5.13 Å². The van der Waals surface area contributed by atoms with Crippen molar-refractivity contribution >= 4 is 67.2 Å². The Morgan fingerprint density at radius 2 is 1.88 bits per heavy atom. The summed E-state index contributed by atoms with van der Waals surface area (Å²) in [6.45, 7) is 5.49. The van der Waals surface area contributed by atoms with Crippen LogP contribution in [0, 0.1) is 13.8 Å². The topological polar surface area (TPSA) is 83.4 Å². The van der Waals surface area contributed by atoms with Gasteiger partial charge in [-0.3, -0.25) is 14.5 Å². The van der Waals surface area contributed by atoms with Crippen LogP contribution in [0.4, 0.5) is 10.8 Å². The number of aryl methyl sites for hydroxylation is 1. The van der Waals surface area contributed by atoms with Crippen molar-refractivity contribution in [3.63, 3.8) is 0 Å². The average molecular weight is 464 g/mol. The van der Waals surface area contributed by atoms with Gasteiger partial charge in [-0.05, 0) is 49.2 Å². The minimum atomic E-state index is -0.938. The molecule has 0 saturated heterocycles. The van der Waals surface area contributed by atoms with Crippen LogP contribution in [0.15, 0.2) is 47.8 Å². The number of carbonyl (C=O) groups is 2. The molecule has 2 aromatic heterocycles. The molecule has 0 radical (unpaired) electrons. The fraction of sp³-hybridized carbons (Fsp3) is 0.167. The van der Waals surface area contributed by atoms with Crippen LogP contribution in [0.25, 0.3) is 21.9 Å². The molecule has 0 saturated carbocycles. The highest BCUT2D eigenvalue weighted by Gasteiger charge is 2.20. The molecule has 1 N–H and O–H groups in total. The van der Waals surface area contributed by atoms with E-state index in [-0.39, 0.29) is 12.3 Å². The molecule has 4 rings (SSSR count). The van der Waals surface area contributed by atoms with Crippen molar-refractivity contribution in [3.05, 3.63) is 69.7 Å². The molecule has 0 fully saturated rings. The summed E-state index contributed by atoms with van der Waals surface area (Å²) in [5, 5.41) is 12.5. The van der Waals surface area contributed by atoms with E-state index in [9.17, 15) is 14.7 Å². The molecule has 8 heteroatoms. The van der Waals surface area contributed by atoms with E-state index in [4.69, 9.17) is 0 Å². The predicted molar refractivity (Wildman–Crippen MR) is 131 cm³/mol. The molecular weight excluding hydrogens is 442 g/mol. The first-order chi connectivity index (χ1) is 15.3. The minimum Gasteiger partial charge on any atom is -0.481 e. The van der Waals surface area contributed by atoms with Gasteiger partial charge < -0.3 is 5.11 Å². The van der Waals surface area contributed by atoms with Gasteiger partial charge >= 0.3 is 5.97 Å². The minimum absolute atomic E-state index is 0.138. The normalized spacial score (nSPS) is 11.7. The van der Waals surface area contributed by atoms with Gasteiger partial charge in [-0.2, -0.15) is 0 Å². The van der Waals surface area contributed by atoms with Crippen molar-refractivity contribution in [3.8, 4) is 0 Å². The van der Waals surface area contributed by atoms with Crippen LogP contribution in [0.5, 0.6) is 0 Å². The molecule has 162 valence electrons.